The van der Waals surface area contributed by atoms with Crippen LogP contribution in [0.2, 0.25) is 0 Å². The number of carbonyl (C=O) groups is 1. The first-order valence-corrected chi connectivity index (χ1v) is 4.47. The Hall–Kier alpha value is -1.19. The summed E-state index contributed by atoms with van der Waals surface area (Å²) in [6, 6.07) is -0.645. The summed E-state index contributed by atoms with van der Waals surface area (Å²) in [5.41, 5.74) is 0.649. The number of hydrogen-bond donors (Lipinski definition) is 0. The molecule has 1 aliphatic carbocycles. The van der Waals surface area contributed by atoms with Crippen molar-refractivity contribution in [2.24, 2.45) is 0 Å². The Labute approximate surface area is 76.8 Å². The summed E-state index contributed by atoms with van der Waals surface area (Å²) >= 11 is 0. The fourth-order valence-corrected chi connectivity index (χ4v) is 1.40. The smallest absolute Gasteiger partial charge is 0.214 e. The number of ketones is 1. The zero-order valence-corrected chi connectivity index (χ0v) is 7.66. The van der Waals surface area contributed by atoms with Gasteiger partial charge in [-0.2, -0.15) is 0 Å². The number of hydrogen-bond acceptors (Lipinski definition) is 3. The minimum absolute atomic E-state index is 0.0833. The summed E-state index contributed by atoms with van der Waals surface area (Å²) < 4.78 is 0. The highest BCUT2D eigenvalue weighted by Gasteiger charge is 2.21. The third-order valence-electron chi connectivity index (χ3n) is 2.23. The topological polar surface area (TPSA) is 60.2 Å². The molecule has 0 aromatic heterocycles. The Morgan fingerprint density at radius 3 is 2.92 bits per heavy atom. The highest BCUT2D eigenvalue weighted by atomic mass is 16.6. The van der Waals surface area contributed by atoms with Gasteiger partial charge in [0.25, 0.3) is 0 Å². The Morgan fingerprint density at radius 2 is 2.38 bits per heavy atom. The van der Waals surface area contributed by atoms with E-state index in [1.807, 2.05) is 6.08 Å². The van der Waals surface area contributed by atoms with Crippen LogP contribution in [0.1, 0.15) is 32.6 Å². The molecule has 0 fully saturated rings. The van der Waals surface area contributed by atoms with E-state index >= 15 is 0 Å². The number of nitrogens with zero attached hydrogens (tertiary/aromatic N) is 1. The SMILES string of the molecule is CC(CC1=CCCCC1=O)[N+](=O)[O-]. The van der Waals surface area contributed by atoms with Crippen molar-refractivity contribution in [3.05, 3.63) is 21.8 Å². The van der Waals surface area contributed by atoms with Crippen molar-refractivity contribution in [2.45, 2.75) is 38.6 Å². The number of rotatable bonds is 3. The summed E-state index contributed by atoms with van der Waals surface area (Å²) in [6.45, 7) is 1.53. The molecule has 0 aromatic carbocycles. The molecule has 1 unspecified atom stereocenters. The predicted molar refractivity (Wildman–Crippen MR) is 48.0 cm³/mol. The van der Waals surface area contributed by atoms with Crippen molar-refractivity contribution in [1.29, 1.82) is 0 Å². The molecule has 72 valence electrons. The van der Waals surface area contributed by atoms with Crippen molar-refractivity contribution < 1.29 is 9.72 Å². The van der Waals surface area contributed by atoms with Gasteiger partial charge in [0.1, 0.15) is 0 Å². The highest BCUT2D eigenvalue weighted by Crippen LogP contribution is 2.18. The molecule has 0 amide bonds. The van der Waals surface area contributed by atoms with Gasteiger partial charge in [0.2, 0.25) is 6.04 Å². The predicted octanol–water partition coefficient (Wildman–Crippen LogP) is 1.72. The molecule has 0 saturated carbocycles. The normalized spacial score (nSPS) is 19.5. The quantitative estimate of drug-likeness (QED) is 0.494. The third-order valence-corrected chi connectivity index (χ3v) is 2.23. The van der Waals surface area contributed by atoms with Crippen molar-refractivity contribution in [2.75, 3.05) is 0 Å². The lowest BCUT2D eigenvalue weighted by atomic mass is 9.94. The first kappa shape index (κ1) is 9.89. The molecule has 1 aliphatic rings. The molecule has 0 bridgehead atoms. The molecule has 0 radical (unpaired) electrons. The lowest BCUT2D eigenvalue weighted by Crippen LogP contribution is -2.19. The molecule has 0 heterocycles. The molecule has 0 saturated heterocycles. The number of Topliss-reactive ketones (excluding diaryl/α,β-unsaturated/α-hetero) is 1. The van der Waals surface area contributed by atoms with Crippen molar-refractivity contribution in [3.8, 4) is 0 Å². The average Bonchev–Trinajstić information content (AvgIpc) is 2.08. The second-order valence-electron chi connectivity index (χ2n) is 3.38. The van der Waals surface area contributed by atoms with Crippen molar-refractivity contribution in [1.82, 2.24) is 0 Å². The van der Waals surface area contributed by atoms with Crippen LogP contribution >= 0.6 is 0 Å². The molecule has 0 spiro atoms. The minimum Gasteiger partial charge on any atom is -0.295 e. The van der Waals surface area contributed by atoms with Gasteiger partial charge in [-0.1, -0.05) is 6.08 Å². The van der Waals surface area contributed by atoms with Gasteiger partial charge >= 0.3 is 0 Å². The maximum Gasteiger partial charge on any atom is 0.214 e. The van der Waals surface area contributed by atoms with Gasteiger partial charge in [-0.3, -0.25) is 14.9 Å². The Bertz CT molecular complexity index is 258. The van der Waals surface area contributed by atoms with Crippen LogP contribution in [0.15, 0.2) is 11.6 Å². The van der Waals surface area contributed by atoms with E-state index < -0.39 is 6.04 Å². The van der Waals surface area contributed by atoms with Crippen LogP contribution in [-0.4, -0.2) is 16.7 Å². The number of nitro groups is 1. The summed E-state index contributed by atoms with van der Waals surface area (Å²) in [6.07, 6.45) is 4.44. The highest BCUT2D eigenvalue weighted by molar-refractivity contribution is 5.95. The van der Waals surface area contributed by atoms with Crippen LogP contribution < -0.4 is 0 Å². The van der Waals surface area contributed by atoms with Gasteiger partial charge in [0.05, 0.1) is 0 Å². The fourth-order valence-electron chi connectivity index (χ4n) is 1.40. The van der Waals surface area contributed by atoms with Crippen LogP contribution in [0.5, 0.6) is 0 Å². The van der Waals surface area contributed by atoms with Crippen molar-refractivity contribution in [3.63, 3.8) is 0 Å². The zero-order chi connectivity index (χ0) is 9.84. The summed E-state index contributed by atoms with van der Waals surface area (Å²) in [7, 11) is 0. The molecular formula is C9H13NO3. The number of allylic oxidation sites excluding steroid dienone is 1. The van der Waals surface area contributed by atoms with E-state index in [1.54, 1.807) is 0 Å². The standard InChI is InChI=1S/C9H13NO3/c1-7(10(12)13)6-8-4-2-3-5-9(8)11/h4,7H,2-3,5-6H2,1H3. The van der Waals surface area contributed by atoms with Gasteiger partial charge in [0.15, 0.2) is 5.78 Å². The van der Waals surface area contributed by atoms with Crippen LogP contribution in [-0.2, 0) is 4.79 Å². The molecule has 4 nitrogen and oxygen atoms in total. The molecular weight excluding hydrogens is 170 g/mol. The first-order valence-electron chi connectivity index (χ1n) is 4.47. The molecule has 1 rings (SSSR count). The Kier molecular flexibility index (Phi) is 3.17. The summed E-state index contributed by atoms with van der Waals surface area (Å²) in [5.74, 6) is 0.0833. The molecule has 13 heavy (non-hydrogen) atoms. The van der Waals surface area contributed by atoms with Gasteiger partial charge in [0, 0.05) is 24.7 Å². The first-order chi connectivity index (χ1) is 6.11. The van der Waals surface area contributed by atoms with Gasteiger partial charge in [-0.25, -0.2) is 0 Å². The van der Waals surface area contributed by atoms with E-state index in [2.05, 4.69) is 0 Å². The maximum absolute atomic E-state index is 11.3. The largest absolute Gasteiger partial charge is 0.295 e. The summed E-state index contributed by atoms with van der Waals surface area (Å²) in [5, 5.41) is 10.3. The lowest BCUT2D eigenvalue weighted by Gasteiger charge is -2.11. The van der Waals surface area contributed by atoms with Crippen LogP contribution in [0.4, 0.5) is 0 Å². The Balaban J connectivity index is 2.57. The van der Waals surface area contributed by atoms with Crippen LogP contribution in [0.25, 0.3) is 0 Å². The maximum atomic E-state index is 11.3. The Morgan fingerprint density at radius 1 is 1.69 bits per heavy atom. The molecule has 0 aliphatic heterocycles. The minimum atomic E-state index is -0.645. The third kappa shape index (κ3) is 2.65. The second-order valence-corrected chi connectivity index (χ2v) is 3.38. The number of carbonyl (C=O) groups excluding carboxylic acids is 1. The monoisotopic (exact) mass is 183 g/mol. The summed E-state index contributed by atoms with van der Waals surface area (Å²) in [4.78, 5) is 21.3. The molecule has 0 aromatic rings. The van der Waals surface area contributed by atoms with E-state index in [0.717, 1.165) is 12.8 Å². The van der Waals surface area contributed by atoms with Gasteiger partial charge < -0.3 is 0 Å². The van der Waals surface area contributed by atoms with E-state index in [1.165, 1.54) is 6.92 Å². The van der Waals surface area contributed by atoms with E-state index in [-0.39, 0.29) is 17.1 Å². The van der Waals surface area contributed by atoms with Crippen LogP contribution in [0.3, 0.4) is 0 Å². The van der Waals surface area contributed by atoms with E-state index in [0.29, 0.717) is 12.0 Å². The van der Waals surface area contributed by atoms with Gasteiger partial charge in [-0.05, 0) is 18.4 Å². The zero-order valence-electron chi connectivity index (χ0n) is 7.66. The van der Waals surface area contributed by atoms with E-state index in [4.69, 9.17) is 0 Å². The molecule has 0 N–H and O–H groups in total. The average molecular weight is 183 g/mol. The molecule has 4 heteroatoms. The van der Waals surface area contributed by atoms with E-state index in [9.17, 15) is 14.9 Å². The van der Waals surface area contributed by atoms with Gasteiger partial charge in [-0.15, -0.1) is 0 Å². The van der Waals surface area contributed by atoms with Crippen molar-refractivity contribution >= 4 is 5.78 Å². The fraction of sp³-hybridized carbons (Fsp3) is 0.667. The lowest BCUT2D eigenvalue weighted by molar-refractivity contribution is -0.517. The second kappa shape index (κ2) is 4.16. The van der Waals surface area contributed by atoms with Crippen LogP contribution in [0, 0.1) is 10.1 Å². The molecule has 1 atom stereocenters.